The highest BCUT2D eigenvalue weighted by molar-refractivity contribution is 7.99. The average Bonchev–Trinajstić information content (AvgIpc) is 1.90. The second-order valence-corrected chi connectivity index (χ2v) is 3.16. The first kappa shape index (κ1) is 6.02. The predicted octanol–water partition coefficient (Wildman–Crippen LogP) is 1.36. The molecule has 0 aromatic rings. The van der Waals surface area contributed by atoms with Crippen LogP contribution in [0.2, 0.25) is 0 Å². The van der Waals surface area contributed by atoms with Crippen LogP contribution in [0.3, 0.4) is 0 Å². The highest BCUT2D eigenvalue weighted by atomic mass is 32.2. The molecule has 0 atom stereocenters. The van der Waals surface area contributed by atoms with E-state index in [1.54, 1.807) is 6.20 Å². The Kier molecular flexibility index (Phi) is 2.27. The summed E-state index contributed by atoms with van der Waals surface area (Å²) >= 11 is 2.02. The summed E-state index contributed by atoms with van der Waals surface area (Å²) in [6.07, 6.45) is 4.18. The van der Waals surface area contributed by atoms with Crippen molar-refractivity contribution in [2.75, 3.05) is 11.5 Å². The molecule has 1 saturated heterocycles. The van der Waals surface area contributed by atoms with Gasteiger partial charge in [-0.05, 0) is 30.5 Å². The molecule has 1 aliphatic heterocycles. The van der Waals surface area contributed by atoms with Gasteiger partial charge in [-0.15, -0.1) is 0 Å². The molecule has 2 heteroatoms. The van der Waals surface area contributed by atoms with Gasteiger partial charge in [0.1, 0.15) is 0 Å². The number of hydrogen-bond acceptors (Lipinski definition) is 2. The lowest BCUT2D eigenvalue weighted by Gasteiger charge is -2.11. The van der Waals surface area contributed by atoms with Crippen LogP contribution in [0.15, 0.2) is 11.8 Å². The number of rotatable bonds is 0. The molecule has 0 amide bonds. The number of hydrogen-bond donors (Lipinski definition) is 1. The molecule has 0 spiro atoms. The summed E-state index contributed by atoms with van der Waals surface area (Å²) in [5.74, 6) is 2.53. The van der Waals surface area contributed by atoms with E-state index < -0.39 is 0 Å². The molecule has 1 fully saturated rings. The van der Waals surface area contributed by atoms with Crippen molar-refractivity contribution in [2.24, 2.45) is 5.73 Å². The van der Waals surface area contributed by atoms with Gasteiger partial charge in [-0.3, -0.25) is 0 Å². The normalized spacial score (nSPS) is 20.8. The molecule has 0 saturated carbocycles. The molecular weight excluding hydrogens is 118 g/mol. The lowest BCUT2D eigenvalue weighted by molar-refractivity contribution is 0.957. The lowest BCUT2D eigenvalue weighted by Crippen LogP contribution is -1.99. The highest BCUT2D eigenvalue weighted by Gasteiger charge is 2.02. The second kappa shape index (κ2) is 3.02. The topological polar surface area (TPSA) is 26.0 Å². The molecule has 0 aromatic carbocycles. The van der Waals surface area contributed by atoms with Crippen LogP contribution in [0.5, 0.6) is 0 Å². The minimum absolute atomic E-state index is 1.21. The molecule has 1 nitrogen and oxygen atoms in total. The van der Waals surface area contributed by atoms with Gasteiger partial charge in [0.25, 0.3) is 0 Å². The second-order valence-electron chi connectivity index (χ2n) is 1.94. The van der Waals surface area contributed by atoms with Crippen LogP contribution in [-0.2, 0) is 0 Å². The molecule has 2 N–H and O–H groups in total. The summed E-state index contributed by atoms with van der Waals surface area (Å²) in [5, 5.41) is 0. The summed E-state index contributed by atoms with van der Waals surface area (Å²) in [6.45, 7) is 0. The van der Waals surface area contributed by atoms with Gasteiger partial charge >= 0.3 is 0 Å². The fourth-order valence-electron chi connectivity index (χ4n) is 0.800. The Morgan fingerprint density at radius 1 is 1.38 bits per heavy atom. The zero-order valence-electron chi connectivity index (χ0n) is 4.89. The van der Waals surface area contributed by atoms with Crippen LogP contribution >= 0.6 is 11.8 Å². The van der Waals surface area contributed by atoms with Gasteiger partial charge in [-0.25, -0.2) is 0 Å². The van der Waals surface area contributed by atoms with Crippen LogP contribution in [0.1, 0.15) is 12.8 Å². The molecule has 1 heterocycles. The van der Waals surface area contributed by atoms with Crippen molar-refractivity contribution in [3.8, 4) is 0 Å². The fraction of sp³-hybridized carbons (Fsp3) is 0.667. The minimum atomic E-state index is 1.21. The molecule has 0 bridgehead atoms. The Hall–Kier alpha value is -0.110. The smallest absolute Gasteiger partial charge is 0.00295 e. The first-order valence-electron chi connectivity index (χ1n) is 2.91. The molecular formula is C6H11NS. The standard InChI is InChI=1S/C6H11NS/c7-5-6-1-3-8-4-2-6/h5H,1-4,7H2. The summed E-state index contributed by atoms with van der Waals surface area (Å²) < 4.78 is 0. The SMILES string of the molecule is NC=C1CCSCC1. The Bertz CT molecular complexity index is 90.7. The van der Waals surface area contributed by atoms with Crippen molar-refractivity contribution in [1.82, 2.24) is 0 Å². The van der Waals surface area contributed by atoms with Gasteiger partial charge in [0, 0.05) is 0 Å². The molecule has 0 unspecified atom stereocenters. The molecule has 0 aromatic heterocycles. The maximum absolute atomic E-state index is 5.33. The van der Waals surface area contributed by atoms with Crippen molar-refractivity contribution < 1.29 is 0 Å². The zero-order valence-corrected chi connectivity index (χ0v) is 5.71. The third-order valence-corrected chi connectivity index (χ3v) is 2.36. The first-order valence-corrected chi connectivity index (χ1v) is 4.06. The van der Waals surface area contributed by atoms with Crippen LogP contribution in [0, 0.1) is 0 Å². The van der Waals surface area contributed by atoms with Gasteiger partial charge in [0.15, 0.2) is 0 Å². The third-order valence-electron chi connectivity index (χ3n) is 1.37. The van der Waals surface area contributed by atoms with Gasteiger partial charge < -0.3 is 5.73 Å². The number of thioether (sulfide) groups is 1. The monoisotopic (exact) mass is 129 g/mol. The van der Waals surface area contributed by atoms with Gasteiger partial charge in [-0.1, -0.05) is 5.57 Å². The van der Waals surface area contributed by atoms with E-state index >= 15 is 0 Å². The number of allylic oxidation sites excluding steroid dienone is 1. The van der Waals surface area contributed by atoms with Crippen molar-refractivity contribution in [3.05, 3.63) is 11.8 Å². The van der Waals surface area contributed by atoms with Crippen LogP contribution in [-0.4, -0.2) is 11.5 Å². The Morgan fingerprint density at radius 3 is 2.38 bits per heavy atom. The maximum atomic E-state index is 5.33. The highest BCUT2D eigenvalue weighted by Crippen LogP contribution is 2.20. The van der Waals surface area contributed by atoms with Crippen molar-refractivity contribution in [1.29, 1.82) is 0 Å². The molecule has 46 valence electrons. The van der Waals surface area contributed by atoms with Crippen LogP contribution in [0.4, 0.5) is 0 Å². The average molecular weight is 129 g/mol. The Morgan fingerprint density at radius 2 is 2.00 bits per heavy atom. The summed E-state index contributed by atoms with van der Waals surface area (Å²) in [5.41, 5.74) is 6.77. The van der Waals surface area contributed by atoms with Crippen molar-refractivity contribution in [2.45, 2.75) is 12.8 Å². The Labute approximate surface area is 54.3 Å². The zero-order chi connectivity index (χ0) is 5.82. The minimum Gasteiger partial charge on any atom is -0.405 e. The summed E-state index contributed by atoms with van der Waals surface area (Å²) in [6, 6.07) is 0. The molecule has 1 rings (SSSR count). The lowest BCUT2D eigenvalue weighted by atomic mass is 10.2. The van der Waals surface area contributed by atoms with Crippen molar-refractivity contribution >= 4 is 11.8 Å². The van der Waals surface area contributed by atoms with Gasteiger partial charge in [0.05, 0.1) is 0 Å². The van der Waals surface area contributed by atoms with E-state index in [0.29, 0.717) is 0 Å². The number of nitrogens with two attached hydrogens (primary N) is 1. The largest absolute Gasteiger partial charge is 0.405 e. The van der Waals surface area contributed by atoms with E-state index in [9.17, 15) is 0 Å². The predicted molar refractivity (Wildman–Crippen MR) is 38.8 cm³/mol. The Balaban J connectivity index is 2.33. The van der Waals surface area contributed by atoms with E-state index in [1.165, 1.54) is 29.9 Å². The summed E-state index contributed by atoms with van der Waals surface area (Å²) in [4.78, 5) is 0. The first-order chi connectivity index (χ1) is 3.93. The summed E-state index contributed by atoms with van der Waals surface area (Å²) in [7, 11) is 0. The van der Waals surface area contributed by atoms with Crippen molar-refractivity contribution in [3.63, 3.8) is 0 Å². The maximum Gasteiger partial charge on any atom is -0.00295 e. The van der Waals surface area contributed by atoms with E-state index in [2.05, 4.69) is 0 Å². The molecule has 8 heavy (non-hydrogen) atoms. The van der Waals surface area contributed by atoms with E-state index in [-0.39, 0.29) is 0 Å². The van der Waals surface area contributed by atoms with Crippen LogP contribution < -0.4 is 5.73 Å². The van der Waals surface area contributed by atoms with E-state index in [4.69, 9.17) is 5.73 Å². The molecule has 1 aliphatic rings. The molecule has 0 radical (unpaired) electrons. The van der Waals surface area contributed by atoms with E-state index in [0.717, 1.165) is 0 Å². The van der Waals surface area contributed by atoms with Gasteiger partial charge in [0.2, 0.25) is 0 Å². The fourth-order valence-corrected chi connectivity index (χ4v) is 1.82. The third kappa shape index (κ3) is 1.44. The van der Waals surface area contributed by atoms with E-state index in [1.807, 2.05) is 11.8 Å². The molecule has 0 aliphatic carbocycles. The van der Waals surface area contributed by atoms with Gasteiger partial charge in [-0.2, -0.15) is 11.8 Å². The van der Waals surface area contributed by atoms with Crippen LogP contribution in [0.25, 0.3) is 0 Å². The quantitative estimate of drug-likeness (QED) is 0.534.